The van der Waals surface area contributed by atoms with Gasteiger partial charge in [-0.25, -0.2) is 0 Å². The van der Waals surface area contributed by atoms with Crippen LogP contribution in [-0.2, 0) is 4.79 Å². The molecule has 0 aromatic carbocycles. The number of hydrogen-bond acceptors (Lipinski definition) is 4. The largest absolute Gasteiger partial charge is 0.281 e. The molecule has 0 fully saturated rings. The monoisotopic (exact) mass is 237 g/mol. The van der Waals surface area contributed by atoms with Gasteiger partial charge < -0.3 is 0 Å². The fraction of sp³-hybridized carbons (Fsp3) is 0.200. The molecule has 0 atom stereocenters. The normalized spacial score (nSPS) is 15.2. The highest BCUT2D eigenvalue weighted by atomic mass is 35.5. The highest BCUT2D eigenvalue weighted by Gasteiger charge is 2.29. The van der Waals surface area contributed by atoms with Gasteiger partial charge in [0.25, 0.3) is 11.8 Å². The van der Waals surface area contributed by atoms with Crippen molar-refractivity contribution in [1.82, 2.24) is 9.99 Å². The lowest BCUT2D eigenvalue weighted by molar-refractivity contribution is -0.126. The molecule has 6 heteroatoms. The fourth-order valence-electron chi connectivity index (χ4n) is 1.33. The summed E-state index contributed by atoms with van der Waals surface area (Å²) in [5.74, 6) is -0.642. The van der Waals surface area contributed by atoms with Crippen molar-refractivity contribution in [2.45, 2.75) is 6.42 Å². The topological polar surface area (TPSA) is 62.6 Å². The van der Waals surface area contributed by atoms with E-state index in [9.17, 15) is 9.59 Å². The first-order chi connectivity index (χ1) is 7.72. The number of carbonyl (C=O) groups excluding carboxylic acids is 2. The number of imide groups is 1. The van der Waals surface area contributed by atoms with E-state index >= 15 is 0 Å². The first-order valence-corrected chi connectivity index (χ1v) is 5.15. The molecule has 0 aliphatic carbocycles. The minimum atomic E-state index is -0.451. The van der Waals surface area contributed by atoms with Gasteiger partial charge in [0.15, 0.2) is 0 Å². The Kier molecular flexibility index (Phi) is 2.96. The van der Waals surface area contributed by atoms with Gasteiger partial charge in [0.1, 0.15) is 0 Å². The SMILES string of the molecule is O=C1CC(CCl)=NN1C(=O)c1ccncc1. The Morgan fingerprint density at radius 1 is 1.44 bits per heavy atom. The zero-order chi connectivity index (χ0) is 11.5. The molecule has 1 aliphatic heterocycles. The van der Waals surface area contributed by atoms with Crippen LogP contribution in [-0.4, -0.2) is 33.4 Å². The van der Waals surface area contributed by atoms with E-state index in [2.05, 4.69) is 10.1 Å². The van der Waals surface area contributed by atoms with Crippen LogP contribution in [0.15, 0.2) is 29.6 Å². The second kappa shape index (κ2) is 4.40. The smallest absolute Gasteiger partial charge is 0.272 e. The maximum atomic E-state index is 11.8. The Morgan fingerprint density at radius 3 is 2.69 bits per heavy atom. The van der Waals surface area contributed by atoms with Gasteiger partial charge in [-0.05, 0) is 12.1 Å². The summed E-state index contributed by atoms with van der Waals surface area (Å²) < 4.78 is 0. The molecule has 5 nitrogen and oxygen atoms in total. The third kappa shape index (κ3) is 1.94. The van der Waals surface area contributed by atoms with Crippen molar-refractivity contribution in [3.05, 3.63) is 30.1 Å². The van der Waals surface area contributed by atoms with Gasteiger partial charge in [-0.15, -0.1) is 11.6 Å². The Bertz CT molecular complexity index is 458. The van der Waals surface area contributed by atoms with Crippen LogP contribution >= 0.6 is 11.6 Å². The summed E-state index contributed by atoms with van der Waals surface area (Å²) in [4.78, 5) is 27.1. The van der Waals surface area contributed by atoms with Crippen molar-refractivity contribution < 1.29 is 9.59 Å². The number of carbonyl (C=O) groups is 2. The molecule has 1 aromatic heterocycles. The number of hydrazone groups is 1. The average molecular weight is 238 g/mol. The van der Waals surface area contributed by atoms with Crippen LogP contribution in [0.4, 0.5) is 0 Å². The van der Waals surface area contributed by atoms with Crippen molar-refractivity contribution in [1.29, 1.82) is 0 Å². The molecule has 0 bridgehead atoms. The molecule has 2 amide bonds. The van der Waals surface area contributed by atoms with Gasteiger partial charge in [0.2, 0.25) is 0 Å². The van der Waals surface area contributed by atoms with E-state index in [1.54, 1.807) is 0 Å². The lowest BCUT2D eigenvalue weighted by atomic mass is 10.2. The molecular formula is C10H8ClN3O2. The fourth-order valence-corrected chi connectivity index (χ4v) is 1.48. The molecule has 1 aromatic rings. The summed E-state index contributed by atoms with van der Waals surface area (Å²) in [6.45, 7) is 0. The van der Waals surface area contributed by atoms with E-state index in [4.69, 9.17) is 11.6 Å². The predicted octanol–water partition coefficient (Wildman–Crippen LogP) is 1.05. The van der Waals surface area contributed by atoms with E-state index in [0.717, 1.165) is 5.01 Å². The third-order valence-electron chi connectivity index (χ3n) is 2.11. The van der Waals surface area contributed by atoms with Crippen LogP contribution in [0.25, 0.3) is 0 Å². The molecule has 0 saturated heterocycles. The zero-order valence-electron chi connectivity index (χ0n) is 8.26. The molecule has 0 saturated carbocycles. The van der Waals surface area contributed by atoms with Crippen LogP contribution < -0.4 is 0 Å². The van der Waals surface area contributed by atoms with Crippen LogP contribution in [0.1, 0.15) is 16.8 Å². The van der Waals surface area contributed by atoms with Gasteiger partial charge in [0, 0.05) is 18.0 Å². The second-order valence-corrected chi connectivity index (χ2v) is 3.49. The van der Waals surface area contributed by atoms with Gasteiger partial charge in [-0.2, -0.15) is 10.1 Å². The molecule has 2 rings (SSSR count). The summed E-state index contributed by atoms with van der Waals surface area (Å²) >= 11 is 5.56. The highest BCUT2D eigenvalue weighted by molar-refractivity contribution is 6.31. The average Bonchev–Trinajstić information content (AvgIpc) is 2.71. The summed E-state index contributed by atoms with van der Waals surface area (Å²) in [7, 11) is 0. The summed E-state index contributed by atoms with van der Waals surface area (Å²) in [5, 5.41) is 4.72. The zero-order valence-corrected chi connectivity index (χ0v) is 9.02. The lowest BCUT2D eigenvalue weighted by Gasteiger charge is -2.08. The lowest BCUT2D eigenvalue weighted by Crippen LogP contribution is -2.28. The van der Waals surface area contributed by atoms with E-state index < -0.39 is 5.91 Å². The Balaban J connectivity index is 2.24. The number of nitrogens with zero attached hydrogens (tertiary/aromatic N) is 3. The number of amides is 2. The van der Waals surface area contributed by atoms with Gasteiger partial charge in [-0.3, -0.25) is 14.6 Å². The molecule has 16 heavy (non-hydrogen) atoms. The van der Waals surface area contributed by atoms with E-state index in [1.807, 2.05) is 0 Å². The van der Waals surface area contributed by atoms with Crippen molar-refractivity contribution in [3.63, 3.8) is 0 Å². The molecule has 0 unspecified atom stereocenters. The third-order valence-corrected chi connectivity index (χ3v) is 2.42. The highest BCUT2D eigenvalue weighted by Crippen LogP contribution is 2.13. The van der Waals surface area contributed by atoms with Crippen molar-refractivity contribution in [2.75, 3.05) is 5.88 Å². The standard InChI is InChI=1S/C10H8ClN3O2/c11-6-8-5-9(15)14(13-8)10(16)7-1-3-12-4-2-7/h1-4H,5-6H2. The minimum absolute atomic E-state index is 0.111. The first-order valence-electron chi connectivity index (χ1n) is 4.62. The van der Waals surface area contributed by atoms with Crippen LogP contribution in [0, 0.1) is 0 Å². The van der Waals surface area contributed by atoms with E-state index in [1.165, 1.54) is 24.5 Å². The van der Waals surface area contributed by atoms with Gasteiger partial charge >= 0.3 is 0 Å². The van der Waals surface area contributed by atoms with Gasteiger partial charge in [0.05, 0.1) is 18.0 Å². The predicted molar refractivity (Wildman–Crippen MR) is 58.2 cm³/mol. The first kappa shape index (κ1) is 10.8. The van der Waals surface area contributed by atoms with Crippen LogP contribution in [0.5, 0.6) is 0 Å². The summed E-state index contributed by atoms with van der Waals surface area (Å²) in [6, 6.07) is 3.06. The van der Waals surface area contributed by atoms with E-state index in [-0.39, 0.29) is 18.2 Å². The number of pyridine rings is 1. The Hall–Kier alpha value is -1.75. The van der Waals surface area contributed by atoms with E-state index in [0.29, 0.717) is 11.3 Å². The Morgan fingerprint density at radius 2 is 2.12 bits per heavy atom. The molecule has 0 spiro atoms. The quantitative estimate of drug-likeness (QED) is 0.571. The van der Waals surface area contributed by atoms with Crippen molar-refractivity contribution in [2.24, 2.45) is 5.10 Å². The number of rotatable bonds is 2. The maximum absolute atomic E-state index is 11.8. The van der Waals surface area contributed by atoms with Crippen molar-refractivity contribution in [3.8, 4) is 0 Å². The molecule has 0 N–H and O–H groups in total. The second-order valence-electron chi connectivity index (χ2n) is 3.22. The Labute approximate surface area is 96.7 Å². The van der Waals surface area contributed by atoms with Gasteiger partial charge in [-0.1, -0.05) is 0 Å². The van der Waals surface area contributed by atoms with Crippen LogP contribution in [0.3, 0.4) is 0 Å². The molecule has 82 valence electrons. The number of aromatic nitrogens is 1. The number of alkyl halides is 1. The number of hydrogen-bond donors (Lipinski definition) is 0. The molecular weight excluding hydrogens is 230 g/mol. The number of halogens is 1. The molecule has 0 radical (unpaired) electrons. The summed E-state index contributed by atoms with van der Waals surface area (Å²) in [6.07, 6.45) is 3.08. The molecule has 2 heterocycles. The minimum Gasteiger partial charge on any atom is -0.272 e. The molecule has 1 aliphatic rings. The van der Waals surface area contributed by atoms with Crippen molar-refractivity contribution >= 4 is 29.1 Å². The summed E-state index contributed by atoms with van der Waals surface area (Å²) in [5.41, 5.74) is 0.886. The maximum Gasteiger partial charge on any atom is 0.281 e. The van der Waals surface area contributed by atoms with Crippen LogP contribution in [0.2, 0.25) is 0 Å².